The van der Waals surface area contributed by atoms with Gasteiger partial charge in [0, 0.05) is 36.9 Å². The summed E-state index contributed by atoms with van der Waals surface area (Å²) in [5.41, 5.74) is 4.16. The van der Waals surface area contributed by atoms with Crippen molar-refractivity contribution in [1.82, 2.24) is 19.8 Å². The Morgan fingerprint density at radius 3 is 2.36 bits per heavy atom. The Kier molecular flexibility index (Phi) is 8.28. The Balaban J connectivity index is 1.61. The number of methoxy groups -OCH3 is 1. The third kappa shape index (κ3) is 5.92. The lowest BCUT2D eigenvalue weighted by Crippen LogP contribution is -2.56. The second-order valence-electron chi connectivity index (χ2n) is 10.2. The van der Waals surface area contributed by atoms with E-state index in [9.17, 15) is 14.4 Å². The fraction of sp³-hybridized carbons (Fsp3) is 0.367. The van der Waals surface area contributed by atoms with E-state index in [2.05, 4.69) is 15.3 Å². The molecule has 3 amide bonds. The molecular formula is C30H35N5O4. The predicted octanol–water partition coefficient (Wildman–Crippen LogP) is 5.05. The van der Waals surface area contributed by atoms with Gasteiger partial charge in [-0.1, -0.05) is 61.9 Å². The molecule has 0 aliphatic carbocycles. The number of anilines is 1. The van der Waals surface area contributed by atoms with Gasteiger partial charge in [0.1, 0.15) is 11.3 Å². The van der Waals surface area contributed by atoms with Gasteiger partial charge < -0.3 is 19.9 Å². The van der Waals surface area contributed by atoms with Crippen LogP contribution in [0.4, 0.5) is 10.5 Å². The van der Waals surface area contributed by atoms with Gasteiger partial charge >= 0.3 is 12.0 Å². The zero-order valence-electron chi connectivity index (χ0n) is 23.3. The third-order valence-electron chi connectivity index (χ3n) is 6.91. The highest BCUT2D eigenvalue weighted by molar-refractivity contribution is 6.05. The molecule has 39 heavy (non-hydrogen) atoms. The Morgan fingerprint density at radius 2 is 1.74 bits per heavy atom. The number of urea groups is 1. The molecule has 9 nitrogen and oxygen atoms in total. The minimum atomic E-state index is -0.652. The van der Waals surface area contributed by atoms with Crippen LogP contribution in [0.3, 0.4) is 0 Å². The third-order valence-corrected chi connectivity index (χ3v) is 6.91. The summed E-state index contributed by atoms with van der Waals surface area (Å²) in [5, 5.41) is 2.99. The van der Waals surface area contributed by atoms with E-state index in [1.165, 1.54) is 7.11 Å². The summed E-state index contributed by atoms with van der Waals surface area (Å²) in [6.07, 6.45) is 0. The first kappa shape index (κ1) is 27.8. The molecule has 1 aliphatic heterocycles. The van der Waals surface area contributed by atoms with Crippen LogP contribution in [0, 0.1) is 13.8 Å². The molecule has 1 aliphatic rings. The predicted molar refractivity (Wildman–Crippen MR) is 150 cm³/mol. The Labute approximate surface area is 229 Å². The van der Waals surface area contributed by atoms with Crippen LogP contribution >= 0.6 is 0 Å². The summed E-state index contributed by atoms with van der Waals surface area (Å²) in [7, 11) is 1.28. The van der Waals surface area contributed by atoms with Crippen LogP contribution in [0.25, 0.3) is 11.4 Å². The van der Waals surface area contributed by atoms with Crippen molar-refractivity contribution in [3.8, 4) is 11.4 Å². The number of aryl methyl sites for hydroxylation is 2. The number of piperazine rings is 1. The van der Waals surface area contributed by atoms with Crippen molar-refractivity contribution in [2.24, 2.45) is 0 Å². The highest BCUT2D eigenvalue weighted by atomic mass is 16.5. The lowest BCUT2D eigenvalue weighted by Gasteiger charge is -2.39. The smallest absolute Gasteiger partial charge is 0.342 e. The number of hydrogen-bond donors (Lipinski definition) is 1. The zero-order chi connectivity index (χ0) is 28.3. The molecule has 1 unspecified atom stereocenters. The Morgan fingerprint density at radius 1 is 1.03 bits per heavy atom. The number of ether oxygens (including phenoxy) is 1. The molecule has 2 heterocycles. The van der Waals surface area contributed by atoms with Crippen LogP contribution < -0.4 is 5.32 Å². The lowest BCUT2D eigenvalue weighted by molar-refractivity contribution is 0.0550. The first-order valence-electron chi connectivity index (χ1n) is 13.1. The van der Waals surface area contributed by atoms with Gasteiger partial charge in [0.25, 0.3) is 5.91 Å². The van der Waals surface area contributed by atoms with Gasteiger partial charge in [-0.25, -0.2) is 19.6 Å². The molecule has 1 atom stereocenters. The zero-order valence-corrected chi connectivity index (χ0v) is 23.3. The summed E-state index contributed by atoms with van der Waals surface area (Å²) in [6.45, 7) is 10.6. The second kappa shape index (κ2) is 11.6. The van der Waals surface area contributed by atoms with Crippen molar-refractivity contribution in [3.63, 3.8) is 0 Å². The number of carbonyl (C=O) groups is 3. The first-order valence-corrected chi connectivity index (χ1v) is 13.1. The van der Waals surface area contributed by atoms with Crippen LogP contribution in [0.1, 0.15) is 64.4 Å². The number of aromatic nitrogens is 2. The molecule has 1 fully saturated rings. The maximum Gasteiger partial charge on any atom is 0.342 e. The fourth-order valence-corrected chi connectivity index (χ4v) is 4.80. The maximum absolute atomic E-state index is 13.9. The van der Waals surface area contributed by atoms with Crippen LogP contribution in [-0.2, 0) is 4.74 Å². The normalized spacial score (nSPS) is 15.3. The van der Waals surface area contributed by atoms with Crippen molar-refractivity contribution < 1.29 is 19.1 Å². The van der Waals surface area contributed by atoms with Gasteiger partial charge in [-0.05, 0) is 38.3 Å². The minimum absolute atomic E-state index is 0.0137. The van der Waals surface area contributed by atoms with Gasteiger partial charge in [-0.15, -0.1) is 0 Å². The van der Waals surface area contributed by atoms with E-state index in [0.717, 1.165) is 22.4 Å². The quantitative estimate of drug-likeness (QED) is 0.464. The minimum Gasteiger partial charge on any atom is -0.465 e. The molecule has 2 aromatic carbocycles. The number of benzene rings is 2. The van der Waals surface area contributed by atoms with Gasteiger partial charge in [-0.2, -0.15) is 0 Å². The highest BCUT2D eigenvalue weighted by Crippen LogP contribution is 2.27. The molecule has 1 N–H and O–H groups in total. The molecule has 0 spiro atoms. The molecule has 204 valence electrons. The largest absolute Gasteiger partial charge is 0.465 e. The van der Waals surface area contributed by atoms with E-state index in [1.54, 1.807) is 9.80 Å². The standard InChI is InChI=1S/C30H35N5O4/c1-18(2)25-24(29(37)39-6)26(33-27(32-25)22-10-8-7-9-11-22)28(36)34-14-15-35(21(5)17-34)30(38)31-23-13-12-19(3)16-20(23)4/h7-13,16,18,21H,14-15,17H2,1-6H3,(H,31,38). The van der Waals surface area contributed by atoms with Crippen molar-refractivity contribution in [2.75, 3.05) is 32.1 Å². The van der Waals surface area contributed by atoms with Gasteiger partial charge in [-0.3, -0.25) is 4.79 Å². The lowest BCUT2D eigenvalue weighted by atomic mass is 10.00. The molecule has 4 rings (SSSR count). The average molecular weight is 530 g/mol. The number of nitrogens with zero attached hydrogens (tertiary/aromatic N) is 4. The molecule has 1 aromatic heterocycles. The highest BCUT2D eigenvalue weighted by Gasteiger charge is 2.35. The van der Waals surface area contributed by atoms with Gasteiger partial charge in [0.2, 0.25) is 0 Å². The summed E-state index contributed by atoms with van der Waals surface area (Å²) in [6, 6.07) is 14.8. The first-order chi connectivity index (χ1) is 18.6. The van der Waals surface area contributed by atoms with Crippen molar-refractivity contribution in [3.05, 3.63) is 76.6 Å². The number of esters is 1. The van der Waals surface area contributed by atoms with Gasteiger partial charge in [0.05, 0.1) is 12.8 Å². The van der Waals surface area contributed by atoms with Crippen molar-refractivity contribution in [1.29, 1.82) is 0 Å². The average Bonchev–Trinajstić information content (AvgIpc) is 2.93. The fourth-order valence-electron chi connectivity index (χ4n) is 4.80. The number of rotatable bonds is 5. The number of amides is 3. The van der Waals surface area contributed by atoms with E-state index in [4.69, 9.17) is 4.74 Å². The Hall–Kier alpha value is -4.27. The summed E-state index contributed by atoms with van der Waals surface area (Å²) in [5.74, 6) is -0.824. The topological polar surface area (TPSA) is 105 Å². The van der Waals surface area contributed by atoms with E-state index < -0.39 is 11.9 Å². The molecule has 3 aromatic rings. The van der Waals surface area contributed by atoms with Crippen LogP contribution in [-0.4, -0.2) is 70.5 Å². The molecule has 9 heteroatoms. The van der Waals surface area contributed by atoms with E-state index in [1.807, 2.05) is 83.1 Å². The molecule has 0 bridgehead atoms. The van der Waals surface area contributed by atoms with E-state index >= 15 is 0 Å². The van der Waals surface area contributed by atoms with Crippen LogP contribution in [0.15, 0.2) is 48.5 Å². The van der Waals surface area contributed by atoms with Crippen molar-refractivity contribution >= 4 is 23.6 Å². The van der Waals surface area contributed by atoms with Gasteiger partial charge in [0.15, 0.2) is 5.82 Å². The van der Waals surface area contributed by atoms with Crippen LogP contribution in [0.5, 0.6) is 0 Å². The maximum atomic E-state index is 13.9. The van der Waals surface area contributed by atoms with Crippen molar-refractivity contribution in [2.45, 2.75) is 46.6 Å². The van der Waals surface area contributed by atoms with E-state index in [-0.39, 0.29) is 29.2 Å². The molecule has 1 saturated heterocycles. The molecule has 0 radical (unpaired) electrons. The second-order valence-corrected chi connectivity index (χ2v) is 10.2. The van der Waals surface area contributed by atoms with E-state index in [0.29, 0.717) is 31.2 Å². The number of carbonyl (C=O) groups excluding carboxylic acids is 3. The SMILES string of the molecule is COC(=O)c1c(C(=O)N2CCN(C(=O)Nc3ccc(C)cc3C)C(C)C2)nc(-c2ccccc2)nc1C(C)C. The summed E-state index contributed by atoms with van der Waals surface area (Å²) >= 11 is 0. The monoisotopic (exact) mass is 529 g/mol. The Bertz CT molecular complexity index is 1390. The summed E-state index contributed by atoms with van der Waals surface area (Å²) in [4.78, 5) is 52.5. The number of nitrogens with one attached hydrogen (secondary N) is 1. The number of hydrogen-bond acceptors (Lipinski definition) is 6. The van der Waals surface area contributed by atoms with Crippen LogP contribution in [0.2, 0.25) is 0 Å². The molecule has 0 saturated carbocycles. The molecular weight excluding hydrogens is 494 g/mol. The summed E-state index contributed by atoms with van der Waals surface area (Å²) < 4.78 is 5.04.